The molecule has 0 aliphatic rings. The number of imidazole rings is 1. The number of hydrogen-bond acceptors (Lipinski definition) is 2. The Morgan fingerprint density at radius 3 is 1.96 bits per heavy atom. The zero-order valence-electron chi connectivity index (χ0n) is 13.9. The predicted molar refractivity (Wildman–Crippen MR) is 90.9 cm³/mol. The van der Waals surface area contributed by atoms with Crippen molar-refractivity contribution in [2.24, 2.45) is 0 Å². The molecule has 0 radical (unpaired) electrons. The normalized spacial score (nSPS) is 10.1. The Morgan fingerprint density at radius 2 is 1.40 bits per heavy atom. The van der Waals surface area contributed by atoms with Crippen LogP contribution in [0, 0.1) is 6.92 Å². The van der Waals surface area contributed by atoms with Gasteiger partial charge in [0.2, 0.25) is 17.9 Å². The molecule has 1 heterocycles. The first-order valence-corrected chi connectivity index (χ1v) is 7.86. The van der Waals surface area contributed by atoms with Crippen molar-refractivity contribution in [1.82, 2.24) is 4.57 Å². The molecule has 0 aliphatic heterocycles. The lowest BCUT2D eigenvalue weighted by Crippen LogP contribution is -3.00. The van der Waals surface area contributed by atoms with Crippen LogP contribution in [0.5, 0.6) is 0 Å². The topological polar surface area (TPSA) is 43.0 Å². The number of aromatic nitrogens is 2. The second-order valence-corrected chi connectivity index (χ2v) is 5.76. The molecule has 0 amide bonds. The summed E-state index contributed by atoms with van der Waals surface area (Å²) in [5.74, 6) is 0.1000. The number of ketones is 2. The minimum Gasteiger partial charge on any atom is -1.00 e. The van der Waals surface area contributed by atoms with Gasteiger partial charge >= 0.3 is 0 Å². The maximum Gasteiger partial charge on any atom is 0.244 e. The van der Waals surface area contributed by atoms with Gasteiger partial charge in [0, 0.05) is 18.1 Å². The van der Waals surface area contributed by atoms with Crippen LogP contribution in [0.1, 0.15) is 26.4 Å². The Balaban J connectivity index is 0.00000225. The number of rotatable bonds is 6. The molecule has 0 aliphatic carbocycles. The minimum absolute atomic E-state index is 0. The number of carbonyl (C=O) groups excluding carboxylic acids is 2. The number of halogens is 1. The average Bonchev–Trinajstić information content (AvgIpc) is 2.95. The summed E-state index contributed by atoms with van der Waals surface area (Å²) in [6.07, 6.45) is 3.70. The van der Waals surface area contributed by atoms with Gasteiger partial charge in [0.25, 0.3) is 0 Å². The third-order valence-electron chi connectivity index (χ3n) is 3.93. The van der Waals surface area contributed by atoms with E-state index < -0.39 is 0 Å². The van der Waals surface area contributed by atoms with Crippen molar-refractivity contribution in [3.63, 3.8) is 0 Å². The maximum absolute atomic E-state index is 12.3. The Bertz CT molecular complexity index is 858. The van der Waals surface area contributed by atoms with Gasteiger partial charge in [-0.25, -0.2) is 9.13 Å². The summed E-state index contributed by atoms with van der Waals surface area (Å²) >= 11 is 0. The summed E-state index contributed by atoms with van der Waals surface area (Å²) in [5, 5.41) is 0. The van der Waals surface area contributed by atoms with Crippen LogP contribution in [0.15, 0.2) is 73.2 Å². The summed E-state index contributed by atoms with van der Waals surface area (Å²) < 4.78 is 3.69. The summed E-state index contributed by atoms with van der Waals surface area (Å²) in [4.78, 5) is 24.6. The molecule has 0 saturated carbocycles. The molecule has 4 nitrogen and oxygen atoms in total. The van der Waals surface area contributed by atoms with E-state index in [1.165, 1.54) is 0 Å². The molecule has 128 valence electrons. The number of hydrogen-bond donors (Lipinski definition) is 0. The zero-order valence-corrected chi connectivity index (χ0v) is 15.5. The number of Topliss-reactive ketones (excluding diaryl/α,β-unsaturated/α-hetero) is 2. The van der Waals surface area contributed by atoms with Gasteiger partial charge in [0.05, 0.1) is 0 Å². The highest BCUT2D eigenvalue weighted by Crippen LogP contribution is 2.05. The summed E-state index contributed by atoms with van der Waals surface area (Å²) in [5.41, 5.74) is 2.33. The van der Waals surface area contributed by atoms with Crippen molar-refractivity contribution < 1.29 is 31.1 Å². The van der Waals surface area contributed by atoms with Gasteiger partial charge in [0.1, 0.15) is 11.9 Å². The fourth-order valence-electron chi connectivity index (χ4n) is 2.62. The highest BCUT2D eigenvalue weighted by Gasteiger charge is 2.17. The molecule has 0 bridgehead atoms. The highest BCUT2D eigenvalue weighted by molar-refractivity contribution is 5.96. The summed E-state index contributed by atoms with van der Waals surface area (Å²) in [6, 6.07) is 18.4. The molecule has 25 heavy (non-hydrogen) atoms. The predicted octanol–water partition coefficient (Wildman–Crippen LogP) is -0.146. The second kappa shape index (κ2) is 8.53. The van der Waals surface area contributed by atoms with E-state index in [-0.39, 0.29) is 41.6 Å². The van der Waals surface area contributed by atoms with Gasteiger partial charge in [-0.2, -0.15) is 0 Å². The van der Waals surface area contributed by atoms with Gasteiger partial charge in [0.15, 0.2) is 13.1 Å². The van der Waals surface area contributed by atoms with Crippen LogP contribution in [0.4, 0.5) is 0 Å². The van der Waals surface area contributed by atoms with E-state index in [4.69, 9.17) is 0 Å². The van der Waals surface area contributed by atoms with E-state index >= 15 is 0 Å². The third kappa shape index (κ3) is 4.73. The van der Waals surface area contributed by atoms with Gasteiger partial charge in [-0.05, 0) is 0 Å². The first kappa shape index (κ1) is 18.8. The lowest BCUT2D eigenvalue weighted by atomic mass is 10.1. The number of carbonyl (C=O) groups is 2. The highest BCUT2D eigenvalue weighted by atomic mass is 79.9. The van der Waals surface area contributed by atoms with E-state index in [1.54, 1.807) is 0 Å². The Labute approximate surface area is 157 Å². The van der Waals surface area contributed by atoms with E-state index in [0.29, 0.717) is 11.1 Å². The van der Waals surface area contributed by atoms with Crippen LogP contribution in [-0.2, 0) is 13.1 Å². The molecule has 2 aromatic carbocycles. The van der Waals surface area contributed by atoms with E-state index in [1.807, 2.05) is 89.2 Å². The number of benzene rings is 2. The number of nitrogens with zero attached hydrogens (tertiary/aromatic N) is 2. The third-order valence-corrected chi connectivity index (χ3v) is 3.93. The van der Waals surface area contributed by atoms with Gasteiger partial charge in [-0.1, -0.05) is 60.7 Å². The molecular weight excluding hydrogens is 380 g/mol. The smallest absolute Gasteiger partial charge is 0.244 e. The molecule has 0 saturated heterocycles. The van der Waals surface area contributed by atoms with Crippen LogP contribution in [0.2, 0.25) is 0 Å². The molecule has 1 aromatic heterocycles. The number of aryl methyl sites for hydroxylation is 1. The van der Waals surface area contributed by atoms with Crippen molar-refractivity contribution in [3.05, 3.63) is 90.0 Å². The molecule has 3 rings (SSSR count). The Kier molecular flexibility index (Phi) is 6.42. The summed E-state index contributed by atoms with van der Waals surface area (Å²) in [6.45, 7) is 2.46. The molecule has 5 heteroatoms. The Hall–Kier alpha value is -2.53. The van der Waals surface area contributed by atoms with Crippen LogP contribution < -0.4 is 21.5 Å². The molecular formula is C20H19BrN2O2. The van der Waals surface area contributed by atoms with Crippen molar-refractivity contribution in [1.29, 1.82) is 0 Å². The molecule has 0 unspecified atom stereocenters. The van der Waals surface area contributed by atoms with Gasteiger partial charge < -0.3 is 17.0 Å². The fraction of sp³-hybridized carbons (Fsp3) is 0.150. The monoisotopic (exact) mass is 398 g/mol. The molecule has 0 spiro atoms. The first-order chi connectivity index (χ1) is 11.6. The summed E-state index contributed by atoms with van der Waals surface area (Å²) in [7, 11) is 0. The SMILES string of the molecule is Cc1c[n+](CC(=O)c2ccccc2)cn1CC(=O)c1ccccc1.[Br-]. The van der Waals surface area contributed by atoms with Crippen molar-refractivity contribution in [2.45, 2.75) is 20.0 Å². The first-order valence-electron chi connectivity index (χ1n) is 7.86. The van der Waals surface area contributed by atoms with E-state index in [9.17, 15) is 9.59 Å². The molecule has 3 aromatic rings. The Morgan fingerprint density at radius 1 is 0.880 bits per heavy atom. The van der Waals surface area contributed by atoms with Crippen molar-refractivity contribution in [3.8, 4) is 0 Å². The van der Waals surface area contributed by atoms with E-state index in [2.05, 4.69) is 0 Å². The molecule has 0 fully saturated rings. The van der Waals surface area contributed by atoms with Crippen LogP contribution in [0.25, 0.3) is 0 Å². The van der Waals surface area contributed by atoms with Gasteiger partial charge in [-0.3, -0.25) is 9.59 Å². The van der Waals surface area contributed by atoms with Crippen LogP contribution in [-0.4, -0.2) is 16.1 Å². The van der Waals surface area contributed by atoms with E-state index in [0.717, 1.165) is 5.69 Å². The second-order valence-electron chi connectivity index (χ2n) is 5.76. The lowest BCUT2D eigenvalue weighted by Gasteiger charge is -1.99. The fourth-order valence-corrected chi connectivity index (χ4v) is 2.62. The maximum atomic E-state index is 12.3. The van der Waals surface area contributed by atoms with Crippen LogP contribution >= 0.6 is 0 Å². The minimum atomic E-state index is 0. The largest absolute Gasteiger partial charge is 1.00 e. The van der Waals surface area contributed by atoms with Crippen molar-refractivity contribution >= 4 is 11.6 Å². The van der Waals surface area contributed by atoms with Gasteiger partial charge in [-0.15, -0.1) is 0 Å². The zero-order chi connectivity index (χ0) is 16.9. The van der Waals surface area contributed by atoms with Crippen LogP contribution in [0.3, 0.4) is 0 Å². The quantitative estimate of drug-likeness (QED) is 0.428. The lowest BCUT2D eigenvalue weighted by molar-refractivity contribution is -0.682. The molecule has 0 N–H and O–H groups in total. The van der Waals surface area contributed by atoms with Crippen molar-refractivity contribution in [2.75, 3.05) is 0 Å². The average molecular weight is 399 g/mol. The standard InChI is InChI=1S/C20H19N2O2.BrH/c1-16-12-21(13-19(23)17-8-4-2-5-9-17)15-22(16)14-20(24)18-10-6-3-7-11-18;/h2-12,15H,13-14H2,1H3;1H/q+1;/p-1. The molecule has 0 atom stereocenters.